The smallest absolute Gasteiger partial charge is 0.107 e. The minimum absolute atomic E-state index is 0.457. The second-order valence-electron chi connectivity index (χ2n) is 4.56. The Labute approximate surface area is 97.3 Å². The predicted octanol–water partition coefficient (Wildman–Crippen LogP) is 2.52. The Balaban J connectivity index is 1.59. The molecule has 0 aliphatic heterocycles. The van der Waals surface area contributed by atoms with E-state index in [4.69, 9.17) is 10.00 Å². The van der Waals surface area contributed by atoms with Gasteiger partial charge in [0.25, 0.3) is 0 Å². The second-order valence-corrected chi connectivity index (χ2v) is 4.56. The second kappa shape index (κ2) is 5.73. The van der Waals surface area contributed by atoms with Crippen LogP contribution in [-0.4, -0.2) is 13.2 Å². The molecule has 2 heteroatoms. The molecule has 0 heterocycles. The van der Waals surface area contributed by atoms with Crippen LogP contribution in [0.1, 0.15) is 25.7 Å². The first-order valence-electron chi connectivity index (χ1n) is 5.99. The molecule has 3 atom stereocenters. The highest BCUT2D eigenvalue weighted by Crippen LogP contribution is 2.44. The number of hydrogen-bond acceptors (Lipinski definition) is 2. The Hall–Kier alpha value is -1.25. The fourth-order valence-electron chi connectivity index (χ4n) is 2.62. The first-order valence-corrected chi connectivity index (χ1v) is 5.99. The molecule has 0 radical (unpaired) electrons. The molecule has 2 aliphatic carbocycles. The van der Waals surface area contributed by atoms with Crippen molar-refractivity contribution in [2.24, 2.45) is 17.8 Å². The van der Waals surface area contributed by atoms with Crippen LogP contribution in [0, 0.1) is 40.9 Å². The van der Waals surface area contributed by atoms with Crippen molar-refractivity contribution in [1.82, 2.24) is 0 Å². The van der Waals surface area contributed by atoms with E-state index >= 15 is 0 Å². The van der Waals surface area contributed by atoms with E-state index in [1.807, 2.05) is 6.07 Å². The molecular weight excluding hydrogens is 198 g/mol. The van der Waals surface area contributed by atoms with Crippen LogP contribution in [0.3, 0.4) is 0 Å². The fourth-order valence-corrected chi connectivity index (χ4v) is 2.62. The van der Waals surface area contributed by atoms with E-state index in [9.17, 15) is 0 Å². The number of nitriles is 1. The lowest BCUT2D eigenvalue weighted by Gasteiger charge is -2.14. The van der Waals surface area contributed by atoms with Crippen LogP contribution in [0.25, 0.3) is 0 Å². The van der Waals surface area contributed by atoms with E-state index in [0.29, 0.717) is 19.6 Å². The largest absolute Gasteiger partial charge is 0.368 e. The third-order valence-corrected chi connectivity index (χ3v) is 3.44. The molecule has 2 nitrogen and oxygen atoms in total. The fraction of sp³-hybridized carbons (Fsp3) is 0.643. The third-order valence-electron chi connectivity index (χ3n) is 3.44. The van der Waals surface area contributed by atoms with E-state index in [1.54, 1.807) is 0 Å². The number of nitrogens with zero attached hydrogens (tertiary/aromatic N) is 1. The summed E-state index contributed by atoms with van der Waals surface area (Å²) in [5.74, 6) is 8.63. The summed E-state index contributed by atoms with van der Waals surface area (Å²) < 4.78 is 5.19. The Morgan fingerprint density at radius 3 is 2.88 bits per heavy atom. The van der Waals surface area contributed by atoms with Crippen molar-refractivity contribution >= 4 is 0 Å². The van der Waals surface area contributed by atoms with E-state index in [2.05, 4.69) is 24.0 Å². The summed E-state index contributed by atoms with van der Waals surface area (Å²) in [5.41, 5.74) is 0. The molecule has 0 N–H and O–H groups in total. The van der Waals surface area contributed by atoms with Gasteiger partial charge in [-0.3, -0.25) is 0 Å². The molecule has 0 aromatic rings. The van der Waals surface area contributed by atoms with Crippen LogP contribution in [0.4, 0.5) is 0 Å². The summed E-state index contributed by atoms with van der Waals surface area (Å²) in [6.45, 7) is 0.973. The molecule has 2 rings (SSSR count). The molecule has 0 amide bonds. The summed E-state index contributed by atoms with van der Waals surface area (Å²) in [6.07, 6.45) is 8.87. The van der Waals surface area contributed by atoms with Crippen molar-refractivity contribution in [2.75, 3.05) is 13.2 Å². The van der Waals surface area contributed by atoms with E-state index in [0.717, 1.165) is 24.2 Å². The van der Waals surface area contributed by atoms with Gasteiger partial charge in [0.05, 0.1) is 19.1 Å². The number of allylic oxidation sites excluding steroid dienone is 2. The third kappa shape index (κ3) is 2.87. The molecule has 0 aromatic heterocycles. The lowest BCUT2D eigenvalue weighted by Crippen LogP contribution is -2.05. The van der Waals surface area contributed by atoms with Crippen molar-refractivity contribution in [3.63, 3.8) is 0 Å². The zero-order valence-corrected chi connectivity index (χ0v) is 9.48. The molecule has 2 aliphatic rings. The number of fused-ring (bicyclic) bond motifs is 2. The lowest BCUT2D eigenvalue weighted by atomic mass is 9.91. The highest BCUT2D eigenvalue weighted by Gasteiger charge is 2.34. The average molecular weight is 215 g/mol. The van der Waals surface area contributed by atoms with Crippen molar-refractivity contribution in [1.29, 1.82) is 5.26 Å². The molecule has 0 aromatic carbocycles. The first-order chi connectivity index (χ1) is 7.90. The van der Waals surface area contributed by atoms with Crippen molar-refractivity contribution in [3.05, 3.63) is 12.2 Å². The van der Waals surface area contributed by atoms with Gasteiger partial charge in [0.1, 0.15) is 6.61 Å². The zero-order valence-electron chi connectivity index (χ0n) is 9.48. The molecule has 0 unspecified atom stereocenters. The molecule has 1 saturated carbocycles. The van der Waals surface area contributed by atoms with E-state index in [-0.39, 0.29) is 0 Å². The molecule has 0 saturated heterocycles. The molecule has 84 valence electrons. The maximum absolute atomic E-state index is 8.30. The summed E-state index contributed by atoms with van der Waals surface area (Å²) in [4.78, 5) is 0. The van der Waals surface area contributed by atoms with Crippen LogP contribution < -0.4 is 0 Å². The Morgan fingerprint density at radius 1 is 1.25 bits per heavy atom. The van der Waals surface area contributed by atoms with Gasteiger partial charge >= 0.3 is 0 Å². The van der Waals surface area contributed by atoms with Gasteiger partial charge in [-0.2, -0.15) is 5.26 Å². The Kier molecular flexibility index (Phi) is 4.03. The molecule has 16 heavy (non-hydrogen) atoms. The summed E-state index contributed by atoms with van der Waals surface area (Å²) in [7, 11) is 0. The molecular formula is C14H17NO. The lowest BCUT2D eigenvalue weighted by molar-refractivity contribution is 0.173. The first kappa shape index (κ1) is 11.2. The van der Waals surface area contributed by atoms with Gasteiger partial charge in [-0.1, -0.05) is 18.1 Å². The Morgan fingerprint density at radius 2 is 2.19 bits per heavy atom. The maximum atomic E-state index is 8.30. The highest BCUT2D eigenvalue weighted by molar-refractivity contribution is 5.13. The standard InChI is InChI=1S/C14H17NO/c15-7-3-9-16-8-2-1-4-13-10-12-5-6-14(13)11-12/h5-6,12-14H,3-4,8-11H2/t12-,13+,14+/m0/s1. The van der Waals surface area contributed by atoms with Crippen LogP contribution in [0.15, 0.2) is 12.2 Å². The quantitative estimate of drug-likeness (QED) is 0.410. The number of ether oxygens (including phenoxy) is 1. The van der Waals surface area contributed by atoms with E-state index < -0.39 is 0 Å². The summed E-state index contributed by atoms with van der Waals surface area (Å²) in [5, 5.41) is 8.30. The van der Waals surface area contributed by atoms with Gasteiger partial charge in [0.15, 0.2) is 0 Å². The van der Waals surface area contributed by atoms with Crippen LogP contribution >= 0.6 is 0 Å². The van der Waals surface area contributed by atoms with Crippen molar-refractivity contribution in [3.8, 4) is 17.9 Å². The highest BCUT2D eigenvalue weighted by atomic mass is 16.5. The van der Waals surface area contributed by atoms with Gasteiger partial charge in [0.2, 0.25) is 0 Å². The van der Waals surface area contributed by atoms with Gasteiger partial charge in [0, 0.05) is 6.42 Å². The average Bonchev–Trinajstić information content (AvgIpc) is 2.90. The minimum Gasteiger partial charge on any atom is -0.368 e. The van der Waals surface area contributed by atoms with Gasteiger partial charge in [-0.15, -0.1) is 5.92 Å². The number of hydrogen-bond donors (Lipinski definition) is 0. The molecule has 2 bridgehead atoms. The van der Waals surface area contributed by atoms with Crippen molar-refractivity contribution < 1.29 is 4.74 Å². The molecule has 1 fully saturated rings. The SMILES string of the molecule is N#CCCOCC#CC[C@@H]1C[C@@H]2C=C[C@@H]1C2. The van der Waals surface area contributed by atoms with E-state index in [1.165, 1.54) is 12.8 Å². The monoisotopic (exact) mass is 215 g/mol. The molecule has 0 spiro atoms. The summed E-state index contributed by atoms with van der Waals surface area (Å²) in [6, 6.07) is 2.04. The summed E-state index contributed by atoms with van der Waals surface area (Å²) >= 11 is 0. The van der Waals surface area contributed by atoms with Crippen LogP contribution in [0.2, 0.25) is 0 Å². The van der Waals surface area contributed by atoms with Gasteiger partial charge < -0.3 is 4.74 Å². The van der Waals surface area contributed by atoms with Crippen LogP contribution in [-0.2, 0) is 4.74 Å². The van der Waals surface area contributed by atoms with Crippen LogP contribution in [0.5, 0.6) is 0 Å². The normalized spacial score (nSPS) is 29.8. The zero-order chi connectivity index (χ0) is 11.2. The Bertz CT molecular complexity index is 355. The minimum atomic E-state index is 0.457. The predicted molar refractivity (Wildman–Crippen MR) is 62.3 cm³/mol. The number of rotatable bonds is 4. The van der Waals surface area contributed by atoms with Crippen molar-refractivity contribution in [2.45, 2.75) is 25.7 Å². The van der Waals surface area contributed by atoms with Gasteiger partial charge in [-0.25, -0.2) is 0 Å². The van der Waals surface area contributed by atoms with Gasteiger partial charge in [-0.05, 0) is 30.6 Å². The maximum Gasteiger partial charge on any atom is 0.107 e. The topological polar surface area (TPSA) is 33.0 Å².